The van der Waals surface area contributed by atoms with E-state index in [1.165, 1.54) is 11.1 Å². The monoisotopic (exact) mass is 333 g/mol. The standard InChI is InChI=1S/C18H23N3O.ClH/c1-3-13(2)17(19)18(22)21-16-6-4-14(5-7-16)12-15-8-10-20-11-9-15;/h4-11,13,17H,3,12,19H2,1-2H3,(H,21,22);1H. The molecule has 1 amide bonds. The maximum Gasteiger partial charge on any atom is 0.241 e. The lowest BCUT2D eigenvalue weighted by Crippen LogP contribution is -2.40. The summed E-state index contributed by atoms with van der Waals surface area (Å²) in [6.45, 7) is 4.02. The maximum atomic E-state index is 12.0. The number of anilines is 1. The van der Waals surface area contributed by atoms with Crippen molar-refractivity contribution in [2.75, 3.05) is 5.32 Å². The highest BCUT2D eigenvalue weighted by molar-refractivity contribution is 5.94. The molecule has 0 aliphatic rings. The Kier molecular flexibility index (Phi) is 7.72. The Morgan fingerprint density at radius 2 is 1.70 bits per heavy atom. The predicted octanol–water partition coefficient (Wildman–Crippen LogP) is 3.41. The molecule has 2 unspecified atom stereocenters. The van der Waals surface area contributed by atoms with Crippen LogP contribution in [-0.2, 0) is 11.2 Å². The third kappa shape index (κ3) is 5.66. The molecule has 23 heavy (non-hydrogen) atoms. The average molecular weight is 334 g/mol. The summed E-state index contributed by atoms with van der Waals surface area (Å²) in [5.41, 5.74) is 9.12. The molecule has 0 saturated carbocycles. The normalized spacial score (nSPS) is 12.8. The average Bonchev–Trinajstić information content (AvgIpc) is 2.56. The molecule has 0 fully saturated rings. The quantitative estimate of drug-likeness (QED) is 0.851. The number of carbonyl (C=O) groups excluding carboxylic acids is 1. The second-order valence-electron chi connectivity index (χ2n) is 5.63. The van der Waals surface area contributed by atoms with Gasteiger partial charge in [0.2, 0.25) is 5.91 Å². The van der Waals surface area contributed by atoms with Crippen molar-refractivity contribution in [3.05, 3.63) is 59.9 Å². The minimum Gasteiger partial charge on any atom is -0.325 e. The van der Waals surface area contributed by atoms with Gasteiger partial charge in [0.1, 0.15) is 0 Å². The highest BCUT2D eigenvalue weighted by atomic mass is 35.5. The molecule has 1 heterocycles. The topological polar surface area (TPSA) is 68.0 Å². The smallest absolute Gasteiger partial charge is 0.241 e. The summed E-state index contributed by atoms with van der Waals surface area (Å²) >= 11 is 0. The van der Waals surface area contributed by atoms with E-state index in [2.05, 4.69) is 10.3 Å². The minimum atomic E-state index is -0.471. The number of benzene rings is 1. The zero-order valence-electron chi connectivity index (χ0n) is 13.5. The molecule has 0 bridgehead atoms. The van der Waals surface area contributed by atoms with E-state index in [1.807, 2.05) is 50.2 Å². The lowest BCUT2D eigenvalue weighted by atomic mass is 9.99. The van der Waals surface area contributed by atoms with Crippen LogP contribution in [0.3, 0.4) is 0 Å². The SMILES string of the molecule is CCC(C)C(N)C(=O)Nc1ccc(Cc2ccncc2)cc1.Cl. The molecule has 0 aliphatic heterocycles. The number of nitrogens with two attached hydrogens (primary N) is 1. The van der Waals surface area contributed by atoms with Gasteiger partial charge in [0.25, 0.3) is 0 Å². The van der Waals surface area contributed by atoms with E-state index in [1.54, 1.807) is 12.4 Å². The van der Waals surface area contributed by atoms with Gasteiger partial charge in [-0.3, -0.25) is 9.78 Å². The van der Waals surface area contributed by atoms with E-state index in [4.69, 9.17) is 5.73 Å². The summed E-state index contributed by atoms with van der Waals surface area (Å²) in [4.78, 5) is 16.1. The van der Waals surface area contributed by atoms with Crippen LogP contribution in [0.5, 0.6) is 0 Å². The Labute approximate surface area is 143 Å². The van der Waals surface area contributed by atoms with Gasteiger partial charge in [0, 0.05) is 18.1 Å². The van der Waals surface area contributed by atoms with Crippen LogP contribution in [0.2, 0.25) is 0 Å². The fourth-order valence-electron chi connectivity index (χ4n) is 2.18. The first-order chi connectivity index (χ1) is 10.6. The van der Waals surface area contributed by atoms with E-state index in [0.29, 0.717) is 0 Å². The summed E-state index contributed by atoms with van der Waals surface area (Å²) in [6, 6.07) is 11.4. The number of nitrogens with one attached hydrogen (secondary N) is 1. The Morgan fingerprint density at radius 3 is 2.26 bits per heavy atom. The Balaban J connectivity index is 0.00000264. The largest absolute Gasteiger partial charge is 0.325 e. The van der Waals surface area contributed by atoms with Gasteiger partial charge in [0.05, 0.1) is 6.04 Å². The molecular weight excluding hydrogens is 310 g/mol. The van der Waals surface area contributed by atoms with E-state index >= 15 is 0 Å². The van der Waals surface area contributed by atoms with Crippen molar-refractivity contribution in [1.82, 2.24) is 4.98 Å². The van der Waals surface area contributed by atoms with Crippen molar-refractivity contribution in [3.63, 3.8) is 0 Å². The number of pyridine rings is 1. The van der Waals surface area contributed by atoms with Gasteiger partial charge in [-0.15, -0.1) is 12.4 Å². The van der Waals surface area contributed by atoms with Crippen molar-refractivity contribution < 1.29 is 4.79 Å². The predicted molar refractivity (Wildman–Crippen MR) is 96.8 cm³/mol. The van der Waals surface area contributed by atoms with Gasteiger partial charge in [-0.25, -0.2) is 0 Å². The number of hydrogen-bond acceptors (Lipinski definition) is 3. The second-order valence-corrected chi connectivity index (χ2v) is 5.63. The van der Waals surface area contributed by atoms with Gasteiger partial charge in [-0.05, 0) is 47.7 Å². The Bertz CT molecular complexity index is 601. The van der Waals surface area contributed by atoms with E-state index in [0.717, 1.165) is 18.5 Å². The van der Waals surface area contributed by atoms with Crippen LogP contribution < -0.4 is 11.1 Å². The lowest BCUT2D eigenvalue weighted by molar-refractivity contribution is -0.118. The number of hydrogen-bond donors (Lipinski definition) is 2. The summed E-state index contributed by atoms with van der Waals surface area (Å²) in [6.07, 6.45) is 5.32. The number of nitrogens with zero attached hydrogens (tertiary/aromatic N) is 1. The third-order valence-electron chi connectivity index (χ3n) is 3.94. The molecule has 2 aromatic rings. The van der Waals surface area contributed by atoms with Gasteiger partial charge in [-0.1, -0.05) is 32.4 Å². The maximum absolute atomic E-state index is 12.0. The molecule has 5 heteroatoms. The summed E-state index contributed by atoms with van der Waals surface area (Å²) in [5.74, 6) is 0.0437. The minimum absolute atomic E-state index is 0. The molecule has 0 radical (unpaired) electrons. The molecule has 0 spiro atoms. The third-order valence-corrected chi connectivity index (χ3v) is 3.94. The van der Waals surface area contributed by atoms with Gasteiger partial charge in [0.15, 0.2) is 0 Å². The van der Waals surface area contributed by atoms with Gasteiger partial charge >= 0.3 is 0 Å². The van der Waals surface area contributed by atoms with Crippen LogP contribution >= 0.6 is 12.4 Å². The van der Waals surface area contributed by atoms with Crippen LogP contribution in [0.25, 0.3) is 0 Å². The molecule has 3 N–H and O–H groups in total. The number of rotatable bonds is 6. The van der Waals surface area contributed by atoms with Crippen LogP contribution in [0.1, 0.15) is 31.4 Å². The van der Waals surface area contributed by atoms with Crippen molar-refractivity contribution in [3.8, 4) is 0 Å². The molecule has 124 valence electrons. The van der Waals surface area contributed by atoms with Crippen molar-refractivity contribution in [1.29, 1.82) is 0 Å². The van der Waals surface area contributed by atoms with E-state index in [9.17, 15) is 4.79 Å². The summed E-state index contributed by atoms with van der Waals surface area (Å²) in [5, 5.41) is 2.87. The zero-order chi connectivity index (χ0) is 15.9. The van der Waals surface area contributed by atoms with Crippen LogP contribution in [-0.4, -0.2) is 16.9 Å². The summed E-state index contributed by atoms with van der Waals surface area (Å²) < 4.78 is 0. The molecule has 2 atom stereocenters. The first-order valence-electron chi connectivity index (χ1n) is 7.64. The van der Waals surface area contributed by atoms with Crippen LogP contribution in [0, 0.1) is 5.92 Å². The first-order valence-corrected chi connectivity index (χ1v) is 7.64. The molecule has 0 aliphatic carbocycles. The molecule has 0 saturated heterocycles. The van der Waals surface area contributed by atoms with Crippen LogP contribution in [0.15, 0.2) is 48.8 Å². The number of carbonyl (C=O) groups is 1. The Hall–Kier alpha value is -1.91. The van der Waals surface area contributed by atoms with Crippen molar-refractivity contribution >= 4 is 24.0 Å². The van der Waals surface area contributed by atoms with E-state index in [-0.39, 0.29) is 24.2 Å². The number of halogens is 1. The fraction of sp³-hybridized carbons (Fsp3) is 0.333. The molecule has 1 aromatic heterocycles. The van der Waals surface area contributed by atoms with Gasteiger partial charge in [-0.2, -0.15) is 0 Å². The molecule has 2 rings (SSSR count). The van der Waals surface area contributed by atoms with Crippen molar-refractivity contribution in [2.45, 2.75) is 32.7 Å². The highest BCUT2D eigenvalue weighted by Gasteiger charge is 2.19. The highest BCUT2D eigenvalue weighted by Crippen LogP contribution is 2.14. The molecular formula is C18H24ClN3O. The van der Waals surface area contributed by atoms with Crippen LogP contribution in [0.4, 0.5) is 5.69 Å². The lowest BCUT2D eigenvalue weighted by Gasteiger charge is -2.17. The Morgan fingerprint density at radius 1 is 1.13 bits per heavy atom. The number of aromatic nitrogens is 1. The number of amides is 1. The zero-order valence-corrected chi connectivity index (χ0v) is 14.3. The fourth-order valence-corrected chi connectivity index (χ4v) is 2.18. The van der Waals surface area contributed by atoms with Crippen molar-refractivity contribution in [2.24, 2.45) is 11.7 Å². The summed E-state index contributed by atoms with van der Waals surface area (Å²) in [7, 11) is 0. The molecule has 4 nitrogen and oxygen atoms in total. The second kappa shape index (κ2) is 9.28. The van der Waals surface area contributed by atoms with Gasteiger partial charge < -0.3 is 11.1 Å². The van der Waals surface area contributed by atoms with E-state index < -0.39 is 6.04 Å². The first kappa shape index (κ1) is 19.1. The molecule has 1 aromatic carbocycles.